The quantitative estimate of drug-likeness (QED) is 0.772. The van der Waals surface area contributed by atoms with Crippen LogP contribution >= 0.6 is 0 Å². The van der Waals surface area contributed by atoms with Crippen LogP contribution in [-0.2, 0) is 7.05 Å². The number of hydrogen-bond acceptors (Lipinski definition) is 5. The van der Waals surface area contributed by atoms with Crippen LogP contribution in [0.15, 0.2) is 23.1 Å². The normalized spacial score (nSPS) is 10.8. The molecule has 0 unspecified atom stereocenters. The van der Waals surface area contributed by atoms with Crippen molar-refractivity contribution >= 4 is 11.2 Å². The molecule has 0 spiro atoms. The average molecular weight is 248 g/mol. The van der Waals surface area contributed by atoms with E-state index in [0.717, 1.165) is 13.1 Å². The first-order valence-electron chi connectivity index (χ1n) is 5.88. The van der Waals surface area contributed by atoms with E-state index < -0.39 is 0 Å². The van der Waals surface area contributed by atoms with Gasteiger partial charge in [0.2, 0.25) is 5.88 Å². The molecule has 0 saturated carbocycles. The number of nitrogens with one attached hydrogen (secondary N) is 1. The molecule has 2 rings (SSSR count). The van der Waals surface area contributed by atoms with Crippen LogP contribution in [-0.4, -0.2) is 34.2 Å². The summed E-state index contributed by atoms with van der Waals surface area (Å²) in [6, 6.07) is 3.55. The Morgan fingerprint density at radius 3 is 3.06 bits per heavy atom. The molecule has 6 nitrogen and oxygen atoms in total. The number of fused-ring (bicyclic) bond motifs is 1. The van der Waals surface area contributed by atoms with Crippen molar-refractivity contribution in [2.75, 3.05) is 19.7 Å². The minimum atomic E-state index is -0.181. The first-order valence-corrected chi connectivity index (χ1v) is 5.88. The van der Waals surface area contributed by atoms with Gasteiger partial charge in [0, 0.05) is 19.7 Å². The Labute approximate surface area is 105 Å². The van der Waals surface area contributed by atoms with Crippen molar-refractivity contribution in [1.82, 2.24) is 19.9 Å². The standard InChI is InChI=1S/C12H16N4O2/c1-3-13-6-7-18-10-5-4-9-12(15-10)16(2)11(17)8-14-9/h4-5,8,13H,3,6-7H2,1-2H3. The minimum Gasteiger partial charge on any atom is -0.476 e. The van der Waals surface area contributed by atoms with Crippen LogP contribution < -0.4 is 15.6 Å². The Morgan fingerprint density at radius 2 is 2.28 bits per heavy atom. The Kier molecular flexibility index (Phi) is 3.88. The molecule has 18 heavy (non-hydrogen) atoms. The summed E-state index contributed by atoms with van der Waals surface area (Å²) in [4.78, 5) is 19.8. The number of aryl methyl sites for hydroxylation is 1. The van der Waals surface area contributed by atoms with Gasteiger partial charge < -0.3 is 10.1 Å². The van der Waals surface area contributed by atoms with Crippen molar-refractivity contribution in [2.24, 2.45) is 7.05 Å². The summed E-state index contributed by atoms with van der Waals surface area (Å²) in [5, 5.41) is 3.16. The maximum atomic E-state index is 11.5. The van der Waals surface area contributed by atoms with Crippen LogP contribution in [0.25, 0.3) is 11.2 Å². The van der Waals surface area contributed by atoms with E-state index >= 15 is 0 Å². The molecule has 96 valence electrons. The maximum absolute atomic E-state index is 11.5. The molecule has 0 aliphatic rings. The third kappa shape index (κ3) is 2.65. The van der Waals surface area contributed by atoms with E-state index in [4.69, 9.17) is 4.74 Å². The number of pyridine rings is 1. The Balaban J connectivity index is 2.21. The smallest absolute Gasteiger partial charge is 0.270 e. The molecule has 2 heterocycles. The zero-order valence-electron chi connectivity index (χ0n) is 10.5. The van der Waals surface area contributed by atoms with Crippen LogP contribution in [0.2, 0.25) is 0 Å². The predicted molar refractivity (Wildman–Crippen MR) is 68.8 cm³/mol. The van der Waals surface area contributed by atoms with Crippen molar-refractivity contribution in [3.8, 4) is 5.88 Å². The second-order valence-corrected chi connectivity index (χ2v) is 3.85. The number of hydrogen-bond donors (Lipinski definition) is 1. The van der Waals surface area contributed by atoms with Gasteiger partial charge in [-0.15, -0.1) is 0 Å². The van der Waals surface area contributed by atoms with Crippen LogP contribution in [0.5, 0.6) is 5.88 Å². The summed E-state index contributed by atoms with van der Waals surface area (Å²) in [5.41, 5.74) is 1.03. The number of nitrogens with zero attached hydrogens (tertiary/aromatic N) is 3. The molecular formula is C12H16N4O2. The molecule has 6 heteroatoms. The van der Waals surface area contributed by atoms with Gasteiger partial charge >= 0.3 is 0 Å². The zero-order chi connectivity index (χ0) is 13.0. The predicted octanol–water partition coefficient (Wildman–Crippen LogP) is 0.317. The molecule has 0 saturated heterocycles. The van der Waals surface area contributed by atoms with Crippen LogP contribution in [0, 0.1) is 0 Å². The van der Waals surface area contributed by atoms with Gasteiger partial charge in [-0.1, -0.05) is 6.92 Å². The third-order valence-electron chi connectivity index (χ3n) is 2.57. The van der Waals surface area contributed by atoms with E-state index in [1.54, 1.807) is 19.2 Å². The number of rotatable bonds is 5. The van der Waals surface area contributed by atoms with Gasteiger partial charge in [0.1, 0.15) is 12.1 Å². The molecular weight excluding hydrogens is 232 g/mol. The topological polar surface area (TPSA) is 69.0 Å². The highest BCUT2D eigenvalue weighted by molar-refractivity contribution is 5.70. The fraction of sp³-hybridized carbons (Fsp3) is 0.417. The molecule has 1 N–H and O–H groups in total. The van der Waals surface area contributed by atoms with E-state index in [2.05, 4.69) is 15.3 Å². The number of ether oxygens (including phenoxy) is 1. The largest absolute Gasteiger partial charge is 0.476 e. The van der Waals surface area contributed by atoms with Gasteiger partial charge in [-0.3, -0.25) is 9.36 Å². The van der Waals surface area contributed by atoms with Gasteiger partial charge in [-0.25, -0.2) is 4.98 Å². The van der Waals surface area contributed by atoms with Crippen LogP contribution in [0.4, 0.5) is 0 Å². The Morgan fingerprint density at radius 1 is 1.44 bits per heavy atom. The molecule has 0 bridgehead atoms. The van der Waals surface area contributed by atoms with E-state index in [0.29, 0.717) is 23.7 Å². The summed E-state index contributed by atoms with van der Waals surface area (Å²) in [5.74, 6) is 0.503. The summed E-state index contributed by atoms with van der Waals surface area (Å²) >= 11 is 0. The first kappa shape index (κ1) is 12.5. The molecule has 2 aromatic heterocycles. The summed E-state index contributed by atoms with van der Waals surface area (Å²) in [6.45, 7) is 4.26. The highest BCUT2D eigenvalue weighted by atomic mass is 16.5. The van der Waals surface area contributed by atoms with Crippen molar-refractivity contribution in [3.05, 3.63) is 28.7 Å². The third-order valence-corrected chi connectivity index (χ3v) is 2.57. The lowest BCUT2D eigenvalue weighted by Gasteiger charge is -2.07. The molecule has 2 aromatic rings. The number of aromatic nitrogens is 3. The monoisotopic (exact) mass is 248 g/mol. The maximum Gasteiger partial charge on any atom is 0.270 e. The van der Waals surface area contributed by atoms with E-state index in [1.807, 2.05) is 6.92 Å². The van der Waals surface area contributed by atoms with Gasteiger partial charge in [0.05, 0.1) is 6.20 Å². The summed E-state index contributed by atoms with van der Waals surface area (Å²) in [6.07, 6.45) is 1.29. The fourth-order valence-corrected chi connectivity index (χ4v) is 1.57. The van der Waals surface area contributed by atoms with Crippen molar-refractivity contribution in [1.29, 1.82) is 0 Å². The first-order chi connectivity index (χ1) is 8.72. The molecule has 0 aliphatic carbocycles. The van der Waals surface area contributed by atoms with E-state index in [-0.39, 0.29) is 5.56 Å². The highest BCUT2D eigenvalue weighted by Gasteiger charge is 2.04. The van der Waals surface area contributed by atoms with Crippen molar-refractivity contribution in [3.63, 3.8) is 0 Å². The number of likely N-dealkylation sites (N-methyl/N-ethyl adjacent to an activating group) is 1. The lowest BCUT2D eigenvalue weighted by Crippen LogP contribution is -2.21. The van der Waals surface area contributed by atoms with Crippen LogP contribution in [0.1, 0.15) is 6.92 Å². The lowest BCUT2D eigenvalue weighted by atomic mass is 10.4. The Bertz CT molecular complexity index is 594. The molecule has 0 atom stereocenters. The second kappa shape index (κ2) is 5.59. The van der Waals surface area contributed by atoms with Gasteiger partial charge in [-0.2, -0.15) is 4.98 Å². The molecule has 0 fully saturated rings. The molecule has 0 aromatic carbocycles. The van der Waals surface area contributed by atoms with Crippen molar-refractivity contribution in [2.45, 2.75) is 6.92 Å². The highest BCUT2D eigenvalue weighted by Crippen LogP contribution is 2.12. The Hall–Kier alpha value is -1.95. The lowest BCUT2D eigenvalue weighted by molar-refractivity contribution is 0.304. The molecule has 0 aliphatic heterocycles. The second-order valence-electron chi connectivity index (χ2n) is 3.85. The summed E-state index contributed by atoms with van der Waals surface area (Å²) in [7, 11) is 1.67. The van der Waals surface area contributed by atoms with E-state index in [9.17, 15) is 4.79 Å². The van der Waals surface area contributed by atoms with Crippen molar-refractivity contribution < 1.29 is 4.74 Å². The summed E-state index contributed by atoms with van der Waals surface area (Å²) < 4.78 is 6.95. The molecule has 0 radical (unpaired) electrons. The molecule has 0 amide bonds. The fourth-order valence-electron chi connectivity index (χ4n) is 1.57. The minimum absolute atomic E-state index is 0.181. The van der Waals surface area contributed by atoms with Gasteiger partial charge in [-0.05, 0) is 12.6 Å². The average Bonchev–Trinajstić information content (AvgIpc) is 2.39. The van der Waals surface area contributed by atoms with E-state index in [1.165, 1.54) is 10.8 Å². The SMILES string of the molecule is CCNCCOc1ccc2ncc(=O)n(C)c2n1. The van der Waals surface area contributed by atoms with Gasteiger partial charge in [0.25, 0.3) is 5.56 Å². The van der Waals surface area contributed by atoms with Gasteiger partial charge in [0.15, 0.2) is 5.65 Å². The van der Waals surface area contributed by atoms with Crippen LogP contribution in [0.3, 0.4) is 0 Å². The zero-order valence-corrected chi connectivity index (χ0v) is 10.5.